The second-order valence-electron chi connectivity index (χ2n) is 6.43. The van der Waals surface area contributed by atoms with E-state index in [4.69, 9.17) is 0 Å². The van der Waals surface area contributed by atoms with E-state index in [1.54, 1.807) is 11.1 Å². The lowest BCUT2D eigenvalue weighted by Crippen LogP contribution is -2.28. The highest BCUT2D eigenvalue weighted by Gasteiger charge is 2.37. The predicted molar refractivity (Wildman–Crippen MR) is 84.0 cm³/mol. The van der Waals surface area contributed by atoms with Gasteiger partial charge in [0.05, 0.1) is 0 Å². The number of piperidine rings is 1. The van der Waals surface area contributed by atoms with Crippen LogP contribution in [0.4, 0.5) is 0 Å². The molecule has 0 spiro atoms. The van der Waals surface area contributed by atoms with Gasteiger partial charge in [0, 0.05) is 6.04 Å². The molecule has 0 aromatic heterocycles. The molecule has 1 heterocycles. The van der Waals surface area contributed by atoms with E-state index in [0.717, 1.165) is 5.92 Å². The minimum Gasteiger partial charge on any atom is -0.299 e. The zero-order valence-electron chi connectivity index (χ0n) is 12.3. The first-order chi connectivity index (χ1) is 9.72. The van der Waals surface area contributed by atoms with E-state index in [0.29, 0.717) is 6.04 Å². The Morgan fingerprint density at radius 3 is 2.50 bits per heavy atom. The van der Waals surface area contributed by atoms with Gasteiger partial charge < -0.3 is 0 Å². The van der Waals surface area contributed by atoms with Crippen LogP contribution < -0.4 is 0 Å². The number of nitrogens with zero attached hydrogens (tertiary/aromatic N) is 1. The van der Waals surface area contributed by atoms with Gasteiger partial charge in [0.2, 0.25) is 0 Å². The average molecular weight is 263 g/mol. The van der Waals surface area contributed by atoms with Crippen LogP contribution in [-0.4, -0.2) is 18.5 Å². The van der Waals surface area contributed by atoms with Crippen molar-refractivity contribution in [1.29, 1.82) is 0 Å². The van der Waals surface area contributed by atoms with Gasteiger partial charge in [-0.05, 0) is 67.6 Å². The molecule has 0 radical (unpaired) electrons. The van der Waals surface area contributed by atoms with E-state index >= 15 is 0 Å². The summed E-state index contributed by atoms with van der Waals surface area (Å²) in [6.07, 6.45) is 2.65. The van der Waals surface area contributed by atoms with Gasteiger partial charge in [0.25, 0.3) is 0 Å². The first kappa shape index (κ1) is 12.2. The Labute approximate surface area is 121 Å². The van der Waals surface area contributed by atoms with Crippen LogP contribution in [-0.2, 0) is 0 Å². The number of benzene rings is 2. The van der Waals surface area contributed by atoms with Gasteiger partial charge in [0.1, 0.15) is 0 Å². The van der Waals surface area contributed by atoms with E-state index in [1.807, 2.05) is 0 Å². The summed E-state index contributed by atoms with van der Waals surface area (Å²) in [5.74, 6) is 0.804. The predicted octanol–water partition coefficient (Wildman–Crippen LogP) is 4.53. The van der Waals surface area contributed by atoms with Crippen LogP contribution in [0.15, 0.2) is 42.5 Å². The van der Waals surface area contributed by atoms with Crippen molar-refractivity contribution in [3.05, 3.63) is 59.2 Å². The van der Waals surface area contributed by atoms with Crippen LogP contribution in [0, 0.1) is 6.92 Å². The molecular formula is C19H21N. The lowest BCUT2D eigenvalue weighted by atomic mass is 9.95. The molecule has 1 nitrogen and oxygen atoms in total. The standard InChI is InChI=1S/C19H21N/c1-13-3-5-14(6-4-13)15-7-8-17-16-9-10-20(2)19(12-16)18(17)11-15/h3-8,11,16,19H,9-10,12H2,1-2H3/t16-,19-/m1/s1. The summed E-state index contributed by atoms with van der Waals surface area (Å²) >= 11 is 0. The van der Waals surface area contributed by atoms with E-state index in [-0.39, 0.29) is 0 Å². The fraction of sp³-hybridized carbons (Fsp3) is 0.368. The van der Waals surface area contributed by atoms with E-state index in [2.05, 4.69) is 61.3 Å². The Balaban J connectivity index is 1.78. The molecule has 2 aromatic carbocycles. The van der Waals surface area contributed by atoms with Crippen molar-refractivity contribution in [2.45, 2.75) is 31.7 Å². The highest BCUT2D eigenvalue weighted by atomic mass is 15.1. The topological polar surface area (TPSA) is 3.24 Å². The van der Waals surface area contributed by atoms with Crippen LogP contribution in [0.2, 0.25) is 0 Å². The monoisotopic (exact) mass is 263 g/mol. The maximum Gasteiger partial charge on any atom is 0.0353 e. The van der Waals surface area contributed by atoms with Crippen molar-refractivity contribution >= 4 is 0 Å². The third-order valence-corrected chi connectivity index (χ3v) is 5.14. The van der Waals surface area contributed by atoms with Crippen molar-refractivity contribution in [2.24, 2.45) is 0 Å². The number of aryl methyl sites for hydroxylation is 1. The van der Waals surface area contributed by atoms with E-state index < -0.39 is 0 Å². The SMILES string of the molecule is Cc1ccc(-c2ccc3c(c2)[C@H]2C[C@H]3CCN2C)cc1. The number of hydrogen-bond donors (Lipinski definition) is 0. The Bertz CT molecular complexity index is 641. The summed E-state index contributed by atoms with van der Waals surface area (Å²) in [7, 11) is 2.27. The summed E-state index contributed by atoms with van der Waals surface area (Å²) in [5.41, 5.74) is 7.21. The molecule has 2 atom stereocenters. The van der Waals surface area contributed by atoms with Crippen LogP contribution in [0.3, 0.4) is 0 Å². The Hall–Kier alpha value is -1.60. The Morgan fingerprint density at radius 1 is 0.950 bits per heavy atom. The molecule has 0 amide bonds. The van der Waals surface area contributed by atoms with Gasteiger partial charge in [-0.25, -0.2) is 0 Å². The third kappa shape index (κ3) is 1.81. The fourth-order valence-electron chi connectivity index (χ4n) is 3.89. The lowest BCUT2D eigenvalue weighted by Gasteiger charge is -2.29. The van der Waals surface area contributed by atoms with Gasteiger partial charge in [-0.15, -0.1) is 0 Å². The molecule has 102 valence electrons. The second kappa shape index (κ2) is 4.46. The molecule has 20 heavy (non-hydrogen) atoms. The van der Waals surface area contributed by atoms with Crippen molar-refractivity contribution < 1.29 is 0 Å². The van der Waals surface area contributed by atoms with E-state index in [1.165, 1.54) is 36.1 Å². The van der Waals surface area contributed by atoms with E-state index in [9.17, 15) is 0 Å². The van der Waals surface area contributed by atoms with Gasteiger partial charge in [-0.3, -0.25) is 4.90 Å². The molecule has 0 N–H and O–H groups in total. The molecule has 1 aliphatic heterocycles. The van der Waals surface area contributed by atoms with Crippen molar-refractivity contribution in [1.82, 2.24) is 4.90 Å². The quantitative estimate of drug-likeness (QED) is 0.731. The zero-order chi connectivity index (χ0) is 13.7. The lowest BCUT2D eigenvalue weighted by molar-refractivity contribution is 0.192. The fourth-order valence-corrected chi connectivity index (χ4v) is 3.89. The number of likely N-dealkylation sites (tertiary alicyclic amines) is 1. The molecule has 4 rings (SSSR count). The molecular weight excluding hydrogens is 242 g/mol. The van der Waals surface area contributed by atoms with Crippen molar-refractivity contribution in [3.8, 4) is 11.1 Å². The number of rotatable bonds is 1. The third-order valence-electron chi connectivity index (χ3n) is 5.14. The summed E-state index contributed by atoms with van der Waals surface area (Å²) in [6.45, 7) is 3.38. The first-order valence-corrected chi connectivity index (χ1v) is 7.63. The van der Waals surface area contributed by atoms with Crippen molar-refractivity contribution in [2.75, 3.05) is 13.6 Å². The van der Waals surface area contributed by atoms with Gasteiger partial charge in [0.15, 0.2) is 0 Å². The summed E-state index contributed by atoms with van der Waals surface area (Å²) < 4.78 is 0. The molecule has 2 aliphatic rings. The molecule has 2 bridgehead atoms. The minimum atomic E-state index is 0.647. The van der Waals surface area contributed by atoms with Gasteiger partial charge >= 0.3 is 0 Å². The summed E-state index contributed by atoms with van der Waals surface area (Å²) in [6, 6.07) is 16.7. The minimum absolute atomic E-state index is 0.647. The highest BCUT2D eigenvalue weighted by Crippen LogP contribution is 2.49. The molecule has 1 saturated heterocycles. The maximum atomic E-state index is 2.53. The molecule has 2 aromatic rings. The van der Waals surface area contributed by atoms with Crippen LogP contribution in [0.25, 0.3) is 11.1 Å². The van der Waals surface area contributed by atoms with Crippen LogP contribution in [0.1, 0.15) is 41.5 Å². The van der Waals surface area contributed by atoms with Crippen molar-refractivity contribution in [3.63, 3.8) is 0 Å². The Kier molecular flexibility index (Phi) is 2.71. The zero-order valence-corrected chi connectivity index (χ0v) is 12.3. The molecule has 1 aliphatic carbocycles. The molecule has 1 fully saturated rings. The second-order valence-corrected chi connectivity index (χ2v) is 6.43. The smallest absolute Gasteiger partial charge is 0.0353 e. The molecule has 0 unspecified atom stereocenters. The summed E-state index contributed by atoms with van der Waals surface area (Å²) in [4.78, 5) is 2.53. The van der Waals surface area contributed by atoms with Gasteiger partial charge in [-0.2, -0.15) is 0 Å². The average Bonchev–Trinajstić information content (AvgIpc) is 2.78. The highest BCUT2D eigenvalue weighted by molar-refractivity contribution is 5.66. The van der Waals surface area contributed by atoms with Crippen LogP contribution in [0.5, 0.6) is 0 Å². The number of fused-ring (bicyclic) bond motifs is 5. The van der Waals surface area contributed by atoms with Gasteiger partial charge in [-0.1, -0.05) is 42.0 Å². The van der Waals surface area contributed by atoms with Crippen LogP contribution >= 0.6 is 0 Å². The molecule has 1 heteroatoms. The number of hydrogen-bond acceptors (Lipinski definition) is 1. The Morgan fingerprint density at radius 2 is 1.70 bits per heavy atom. The molecule has 0 saturated carbocycles. The maximum absolute atomic E-state index is 2.53. The largest absolute Gasteiger partial charge is 0.299 e. The first-order valence-electron chi connectivity index (χ1n) is 7.63. The normalized spacial score (nSPS) is 24.7. The summed E-state index contributed by atoms with van der Waals surface area (Å²) in [5, 5.41) is 0.